The van der Waals surface area contributed by atoms with Gasteiger partial charge in [-0.05, 0) is 24.6 Å². The molecule has 0 radical (unpaired) electrons. The number of amides is 1. The van der Waals surface area contributed by atoms with Crippen LogP contribution in [0.5, 0.6) is 0 Å². The van der Waals surface area contributed by atoms with Gasteiger partial charge in [-0.2, -0.15) is 5.10 Å². The Kier molecular flexibility index (Phi) is 3.45. The Hall–Kier alpha value is -2.63. The average molecular weight is 269 g/mol. The van der Waals surface area contributed by atoms with E-state index < -0.39 is 0 Å². The Morgan fingerprint density at radius 3 is 3.10 bits per heavy atom. The molecular weight excluding hydrogens is 254 g/mol. The highest BCUT2D eigenvalue weighted by Crippen LogP contribution is 2.17. The summed E-state index contributed by atoms with van der Waals surface area (Å²) in [4.78, 5) is 19.3. The Morgan fingerprint density at radius 2 is 2.25 bits per heavy atom. The number of aromatic nitrogens is 4. The minimum absolute atomic E-state index is 0.0484. The molecule has 2 aromatic heterocycles. The molecule has 0 spiro atoms. The molecule has 0 aliphatic carbocycles. The van der Waals surface area contributed by atoms with E-state index in [0.29, 0.717) is 12.1 Å². The first-order valence-electron chi connectivity index (χ1n) is 6.53. The van der Waals surface area contributed by atoms with E-state index in [2.05, 4.69) is 25.5 Å². The number of nitrogens with zero attached hydrogens (tertiary/aromatic N) is 2. The number of fused-ring (bicyclic) bond motifs is 1. The predicted octanol–water partition coefficient (Wildman–Crippen LogP) is 1.65. The van der Waals surface area contributed by atoms with Crippen LogP contribution in [-0.4, -0.2) is 32.6 Å². The lowest BCUT2D eigenvalue weighted by Gasteiger charge is -2.05. The molecule has 102 valence electrons. The molecule has 2 heterocycles. The maximum absolute atomic E-state index is 12.2. The molecule has 0 aliphatic heterocycles. The summed E-state index contributed by atoms with van der Waals surface area (Å²) in [6.07, 6.45) is 4.92. The molecule has 6 nitrogen and oxygen atoms in total. The van der Waals surface area contributed by atoms with Crippen LogP contribution in [0.2, 0.25) is 0 Å². The second-order valence-electron chi connectivity index (χ2n) is 4.54. The van der Waals surface area contributed by atoms with Crippen molar-refractivity contribution in [2.24, 2.45) is 0 Å². The number of H-pyrrole nitrogens is 2. The summed E-state index contributed by atoms with van der Waals surface area (Å²) in [5.74, 6) is 0.791. The Bertz CT molecular complexity index is 701. The molecular formula is C14H15N5O. The minimum Gasteiger partial charge on any atom is -0.361 e. The van der Waals surface area contributed by atoms with Gasteiger partial charge < -0.3 is 10.3 Å². The lowest BCUT2D eigenvalue weighted by atomic mass is 10.1. The molecule has 0 aliphatic rings. The number of aryl methyl sites for hydroxylation is 1. The molecule has 3 aromatic rings. The second kappa shape index (κ2) is 5.56. The van der Waals surface area contributed by atoms with Crippen LogP contribution >= 0.6 is 0 Å². The van der Waals surface area contributed by atoms with E-state index in [-0.39, 0.29) is 5.91 Å². The molecule has 1 amide bonds. The summed E-state index contributed by atoms with van der Waals surface area (Å²) in [7, 11) is 0. The third kappa shape index (κ3) is 2.54. The van der Waals surface area contributed by atoms with Crippen LogP contribution in [0.15, 0.2) is 36.8 Å². The number of nitrogens with one attached hydrogen (secondary N) is 3. The van der Waals surface area contributed by atoms with Gasteiger partial charge >= 0.3 is 0 Å². The van der Waals surface area contributed by atoms with Crippen LogP contribution in [-0.2, 0) is 6.42 Å². The highest BCUT2D eigenvalue weighted by molar-refractivity contribution is 6.06. The van der Waals surface area contributed by atoms with Crippen LogP contribution in [0, 0.1) is 0 Å². The normalized spacial score (nSPS) is 10.8. The fourth-order valence-corrected chi connectivity index (χ4v) is 2.19. The first-order valence-corrected chi connectivity index (χ1v) is 6.53. The van der Waals surface area contributed by atoms with E-state index in [1.54, 1.807) is 0 Å². The summed E-state index contributed by atoms with van der Waals surface area (Å²) in [6, 6.07) is 7.58. The van der Waals surface area contributed by atoms with Crippen molar-refractivity contribution in [3.8, 4) is 0 Å². The molecule has 0 saturated carbocycles. The monoisotopic (exact) mass is 269 g/mol. The lowest BCUT2D eigenvalue weighted by Crippen LogP contribution is -2.25. The number of aromatic amines is 2. The molecule has 0 bridgehead atoms. The van der Waals surface area contributed by atoms with E-state index in [9.17, 15) is 4.79 Å². The highest BCUT2D eigenvalue weighted by atomic mass is 16.1. The second-order valence-corrected chi connectivity index (χ2v) is 4.54. The van der Waals surface area contributed by atoms with Gasteiger partial charge in [-0.15, -0.1) is 0 Å². The van der Waals surface area contributed by atoms with Gasteiger partial charge in [-0.25, -0.2) is 4.98 Å². The van der Waals surface area contributed by atoms with Crippen LogP contribution in [0.1, 0.15) is 22.6 Å². The summed E-state index contributed by atoms with van der Waals surface area (Å²) >= 11 is 0. The molecule has 1 aromatic carbocycles. The molecule has 0 fully saturated rings. The zero-order valence-corrected chi connectivity index (χ0v) is 10.9. The highest BCUT2D eigenvalue weighted by Gasteiger charge is 2.09. The van der Waals surface area contributed by atoms with Crippen molar-refractivity contribution in [2.45, 2.75) is 12.8 Å². The number of rotatable bonds is 5. The fraction of sp³-hybridized carbons (Fsp3) is 0.214. The quantitative estimate of drug-likeness (QED) is 0.615. The summed E-state index contributed by atoms with van der Waals surface area (Å²) in [5.41, 5.74) is 1.67. The third-order valence-electron chi connectivity index (χ3n) is 3.18. The van der Waals surface area contributed by atoms with E-state index >= 15 is 0 Å². The van der Waals surface area contributed by atoms with Gasteiger partial charge in [0.25, 0.3) is 5.91 Å². The number of carbonyl (C=O) groups is 1. The van der Waals surface area contributed by atoms with Crippen LogP contribution in [0.25, 0.3) is 10.9 Å². The molecule has 0 atom stereocenters. The summed E-state index contributed by atoms with van der Waals surface area (Å²) in [5, 5.41) is 10.5. The first kappa shape index (κ1) is 12.4. The van der Waals surface area contributed by atoms with Gasteiger partial charge in [-0.3, -0.25) is 9.89 Å². The standard InChI is InChI=1S/C14H15N5O/c20-14(16-7-2-5-13-17-9-18-19-13)11-3-1-4-12-10(11)6-8-15-12/h1,3-4,6,8-9,15H,2,5,7H2,(H,16,20)(H,17,18,19). The van der Waals surface area contributed by atoms with Gasteiger partial charge in [-0.1, -0.05) is 6.07 Å². The van der Waals surface area contributed by atoms with Gasteiger partial charge in [0, 0.05) is 35.6 Å². The maximum Gasteiger partial charge on any atom is 0.251 e. The van der Waals surface area contributed by atoms with E-state index in [1.165, 1.54) is 6.33 Å². The van der Waals surface area contributed by atoms with Crippen molar-refractivity contribution in [3.05, 3.63) is 48.2 Å². The van der Waals surface area contributed by atoms with E-state index in [1.807, 2.05) is 30.5 Å². The Balaban J connectivity index is 1.58. The number of hydrogen-bond donors (Lipinski definition) is 3. The van der Waals surface area contributed by atoms with Gasteiger partial charge in [0.15, 0.2) is 0 Å². The Morgan fingerprint density at radius 1 is 1.30 bits per heavy atom. The zero-order chi connectivity index (χ0) is 13.8. The van der Waals surface area contributed by atoms with Gasteiger partial charge in [0.1, 0.15) is 12.2 Å². The van der Waals surface area contributed by atoms with Crippen molar-refractivity contribution < 1.29 is 4.79 Å². The van der Waals surface area contributed by atoms with Gasteiger partial charge in [0.05, 0.1) is 0 Å². The predicted molar refractivity (Wildman–Crippen MR) is 75.3 cm³/mol. The summed E-state index contributed by atoms with van der Waals surface area (Å²) < 4.78 is 0. The lowest BCUT2D eigenvalue weighted by molar-refractivity contribution is 0.0955. The minimum atomic E-state index is -0.0484. The molecule has 3 rings (SSSR count). The topological polar surface area (TPSA) is 86.5 Å². The van der Waals surface area contributed by atoms with Crippen molar-refractivity contribution in [3.63, 3.8) is 0 Å². The largest absolute Gasteiger partial charge is 0.361 e. The summed E-state index contributed by atoms with van der Waals surface area (Å²) in [6.45, 7) is 0.611. The average Bonchev–Trinajstić information content (AvgIpc) is 3.13. The molecule has 6 heteroatoms. The number of benzene rings is 1. The molecule has 0 unspecified atom stereocenters. The third-order valence-corrected chi connectivity index (χ3v) is 3.18. The van der Waals surface area contributed by atoms with Crippen LogP contribution in [0.4, 0.5) is 0 Å². The van der Waals surface area contributed by atoms with Crippen LogP contribution < -0.4 is 5.32 Å². The fourth-order valence-electron chi connectivity index (χ4n) is 2.19. The zero-order valence-electron chi connectivity index (χ0n) is 10.9. The van der Waals surface area contributed by atoms with Crippen LogP contribution in [0.3, 0.4) is 0 Å². The maximum atomic E-state index is 12.2. The molecule has 20 heavy (non-hydrogen) atoms. The Labute approximate surface area is 115 Å². The van der Waals surface area contributed by atoms with Crippen molar-refractivity contribution in [1.29, 1.82) is 0 Å². The van der Waals surface area contributed by atoms with E-state index in [0.717, 1.165) is 29.6 Å². The smallest absolute Gasteiger partial charge is 0.251 e. The SMILES string of the molecule is O=C(NCCCc1ncn[nH]1)c1cccc2[nH]ccc12. The number of hydrogen-bond acceptors (Lipinski definition) is 3. The molecule has 0 saturated heterocycles. The van der Waals surface area contributed by atoms with Crippen molar-refractivity contribution in [2.75, 3.05) is 6.54 Å². The van der Waals surface area contributed by atoms with Gasteiger partial charge in [0.2, 0.25) is 0 Å². The molecule has 3 N–H and O–H groups in total. The first-order chi connectivity index (χ1) is 9.84. The van der Waals surface area contributed by atoms with E-state index in [4.69, 9.17) is 0 Å². The van der Waals surface area contributed by atoms with Crippen molar-refractivity contribution in [1.82, 2.24) is 25.5 Å². The van der Waals surface area contributed by atoms with Crippen molar-refractivity contribution >= 4 is 16.8 Å². The number of carbonyl (C=O) groups excluding carboxylic acids is 1.